The van der Waals surface area contributed by atoms with Gasteiger partial charge in [0, 0.05) is 5.92 Å². The van der Waals surface area contributed by atoms with Gasteiger partial charge in [0.25, 0.3) is 0 Å². The minimum Gasteiger partial charge on any atom is -0.494 e. The van der Waals surface area contributed by atoms with Crippen LogP contribution in [0.2, 0.25) is 0 Å². The van der Waals surface area contributed by atoms with Crippen LogP contribution in [0, 0.1) is 35.3 Å². The molecule has 3 nitrogen and oxygen atoms in total. The molecule has 1 atom stereocenters. The molecule has 0 amide bonds. The second-order valence-corrected chi connectivity index (χ2v) is 10.2. The molecule has 35 heavy (non-hydrogen) atoms. The first-order chi connectivity index (χ1) is 16.8. The maximum absolute atomic E-state index is 14.8. The number of hydrogen-bond donors (Lipinski definition) is 0. The SMILES string of the molecule is CCC1CCC(c2ccc(OC(=O)C3CCC(C4CC=C(OC)C(F)=C4F)CC3)c(F)c2F)CC1. The summed E-state index contributed by atoms with van der Waals surface area (Å²) >= 11 is 0. The molecule has 1 aromatic carbocycles. The van der Waals surface area contributed by atoms with E-state index in [1.165, 1.54) is 13.2 Å². The summed E-state index contributed by atoms with van der Waals surface area (Å²) in [6, 6.07) is 2.90. The fraction of sp³-hybridized carbons (Fsp3) is 0.607. The first kappa shape index (κ1) is 25.8. The van der Waals surface area contributed by atoms with Crippen molar-refractivity contribution in [2.24, 2.45) is 23.7 Å². The normalized spacial score (nSPS) is 29.5. The van der Waals surface area contributed by atoms with E-state index in [1.807, 2.05) is 0 Å². The van der Waals surface area contributed by atoms with E-state index in [1.54, 1.807) is 12.1 Å². The van der Waals surface area contributed by atoms with Crippen LogP contribution in [0.4, 0.5) is 17.6 Å². The molecule has 3 aliphatic rings. The van der Waals surface area contributed by atoms with Crippen molar-refractivity contribution < 1.29 is 31.8 Å². The van der Waals surface area contributed by atoms with Crippen molar-refractivity contribution in [2.45, 2.75) is 77.0 Å². The van der Waals surface area contributed by atoms with E-state index in [4.69, 9.17) is 9.47 Å². The van der Waals surface area contributed by atoms with Crippen molar-refractivity contribution in [1.82, 2.24) is 0 Å². The van der Waals surface area contributed by atoms with Gasteiger partial charge in [-0.2, -0.15) is 4.39 Å². The molecular weight excluding hydrogens is 460 g/mol. The van der Waals surface area contributed by atoms with Gasteiger partial charge in [-0.1, -0.05) is 19.4 Å². The van der Waals surface area contributed by atoms with Gasteiger partial charge in [-0.05, 0) is 93.2 Å². The third kappa shape index (κ3) is 5.44. The Kier molecular flexibility index (Phi) is 8.23. The van der Waals surface area contributed by atoms with Gasteiger partial charge in [0.2, 0.25) is 5.82 Å². The Morgan fingerprint density at radius 1 is 0.943 bits per heavy atom. The van der Waals surface area contributed by atoms with E-state index >= 15 is 0 Å². The van der Waals surface area contributed by atoms with E-state index in [0.717, 1.165) is 32.1 Å². The molecule has 4 rings (SSSR count). The van der Waals surface area contributed by atoms with Crippen molar-refractivity contribution in [2.75, 3.05) is 7.11 Å². The lowest BCUT2D eigenvalue weighted by Gasteiger charge is -2.33. The molecule has 0 saturated heterocycles. The second kappa shape index (κ2) is 11.2. The number of ether oxygens (including phenoxy) is 2. The molecule has 0 N–H and O–H groups in total. The Balaban J connectivity index is 1.34. The van der Waals surface area contributed by atoms with Gasteiger partial charge in [0.05, 0.1) is 13.0 Å². The number of halogens is 4. The van der Waals surface area contributed by atoms with Crippen molar-refractivity contribution >= 4 is 5.97 Å². The van der Waals surface area contributed by atoms with Crippen LogP contribution in [0.3, 0.4) is 0 Å². The Labute approximate surface area is 204 Å². The zero-order chi connectivity index (χ0) is 25.1. The molecule has 2 fully saturated rings. The van der Waals surface area contributed by atoms with E-state index in [0.29, 0.717) is 43.6 Å². The van der Waals surface area contributed by atoms with Crippen LogP contribution in [-0.4, -0.2) is 13.1 Å². The van der Waals surface area contributed by atoms with E-state index in [-0.39, 0.29) is 23.3 Å². The van der Waals surface area contributed by atoms with Crippen LogP contribution in [0.5, 0.6) is 5.75 Å². The minimum absolute atomic E-state index is 0.0128. The standard InChI is InChI=1S/C28H34F4O3/c1-3-16-4-6-17(7-5-16)21-13-15-23(27(32)25(21)30)35-28(33)19-10-8-18(9-11-19)20-12-14-22(34-2)26(31)24(20)29/h13-20H,3-12H2,1-2H3. The molecule has 1 unspecified atom stereocenters. The van der Waals surface area contributed by atoms with Gasteiger partial charge in [-0.3, -0.25) is 4.79 Å². The summed E-state index contributed by atoms with van der Waals surface area (Å²) in [5, 5.41) is 0. The lowest BCUT2D eigenvalue weighted by Crippen LogP contribution is -2.29. The monoisotopic (exact) mass is 494 g/mol. The number of hydrogen-bond acceptors (Lipinski definition) is 3. The number of rotatable bonds is 6. The van der Waals surface area contributed by atoms with Gasteiger partial charge >= 0.3 is 5.97 Å². The molecule has 0 bridgehead atoms. The number of benzene rings is 1. The second-order valence-electron chi connectivity index (χ2n) is 10.2. The molecule has 0 heterocycles. The summed E-state index contributed by atoms with van der Waals surface area (Å²) in [5.41, 5.74) is 0.359. The predicted octanol–water partition coefficient (Wildman–Crippen LogP) is 8.06. The summed E-state index contributed by atoms with van der Waals surface area (Å²) < 4.78 is 68.4. The number of methoxy groups -OCH3 is 1. The smallest absolute Gasteiger partial charge is 0.314 e. The van der Waals surface area contributed by atoms with Gasteiger partial charge < -0.3 is 9.47 Å². The average molecular weight is 495 g/mol. The summed E-state index contributed by atoms with van der Waals surface area (Å²) in [6.45, 7) is 2.15. The first-order valence-corrected chi connectivity index (χ1v) is 12.8. The maximum Gasteiger partial charge on any atom is 0.314 e. The Hall–Kier alpha value is -2.31. The van der Waals surface area contributed by atoms with Gasteiger partial charge in [0.15, 0.2) is 23.2 Å². The van der Waals surface area contributed by atoms with Gasteiger partial charge in [-0.15, -0.1) is 0 Å². The number of allylic oxidation sites excluding steroid dienone is 3. The largest absolute Gasteiger partial charge is 0.494 e. The molecule has 0 radical (unpaired) electrons. The van der Waals surface area contributed by atoms with Crippen molar-refractivity contribution in [3.8, 4) is 5.75 Å². The van der Waals surface area contributed by atoms with Crippen LogP contribution < -0.4 is 4.74 Å². The fourth-order valence-corrected chi connectivity index (χ4v) is 6.05. The van der Waals surface area contributed by atoms with E-state index in [2.05, 4.69) is 6.92 Å². The van der Waals surface area contributed by atoms with E-state index in [9.17, 15) is 22.4 Å². The predicted molar refractivity (Wildman–Crippen MR) is 125 cm³/mol. The Morgan fingerprint density at radius 2 is 1.63 bits per heavy atom. The lowest BCUT2D eigenvalue weighted by molar-refractivity contribution is -0.140. The molecule has 0 aliphatic heterocycles. The summed E-state index contributed by atoms with van der Waals surface area (Å²) in [7, 11) is 1.30. The minimum atomic E-state index is -1.12. The summed E-state index contributed by atoms with van der Waals surface area (Å²) in [5.74, 6) is -5.38. The molecule has 2 saturated carbocycles. The van der Waals surface area contributed by atoms with Crippen LogP contribution in [0.1, 0.15) is 82.6 Å². The number of carbonyl (C=O) groups is 1. The van der Waals surface area contributed by atoms with Crippen LogP contribution >= 0.6 is 0 Å². The number of esters is 1. The fourth-order valence-electron chi connectivity index (χ4n) is 6.05. The Bertz CT molecular complexity index is 986. The molecule has 192 valence electrons. The zero-order valence-electron chi connectivity index (χ0n) is 20.4. The van der Waals surface area contributed by atoms with Gasteiger partial charge in [-0.25, -0.2) is 13.2 Å². The van der Waals surface area contributed by atoms with Crippen LogP contribution in [0.15, 0.2) is 35.6 Å². The molecule has 7 heteroatoms. The van der Waals surface area contributed by atoms with Crippen LogP contribution in [0.25, 0.3) is 0 Å². The lowest BCUT2D eigenvalue weighted by atomic mass is 9.73. The van der Waals surface area contributed by atoms with E-state index < -0.39 is 41.1 Å². The van der Waals surface area contributed by atoms with Gasteiger partial charge in [0.1, 0.15) is 5.83 Å². The van der Waals surface area contributed by atoms with Crippen LogP contribution in [-0.2, 0) is 9.53 Å². The maximum atomic E-state index is 14.8. The highest BCUT2D eigenvalue weighted by molar-refractivity contribution is 5.75. The third-order valence-electron chi connectivity index (χ3n) is 8.35. The summed E-state index contributed by atoms with van der Waals surface area (Å²) in [6.07, 6.45) is 8.61. The highest BCUT2D eigenvalue weighted by Gasteiger charge is 2.37. The van der Waals surface area contributed by atoms with Crippen molar-refractivity contribution in [3.63, 3.8) is 0 Å². The van der Waals surface area contributed by atoms with Crippen molar-refractivity contribution in [1.29, 1.82) is 0 Å². The number of carbonyl (C=O) groups excluding carboxylic acids is 1. The zero-order valence-corrected chi connectivity index (χ0v) is 20.4. The quantitative estimate of drug-likeness (QED) is 0.228. The molecule has 3 aliphatic carbocycles. The van der Waals surface area contributed by atoms with Crippen molar-refractivity contribution in [3.05, 3.63) is 52.8 Å². The average Bonchev–Trinajstić information content (AvgIpc) is 2.88. The first-order valence-electron chi connectivity index (χ1n) is 12.8. The highest BCUT2D eigenvalue weighted by atomic mass is 19.2. The summed E-state index contributed by atoms with van der Waals surface area (Å²) in [4.78, 5) is 12.7. The Morgan fingerprint density at radius 3 is 2.26 bits per heavy atom. The topological polar surface area (TPSA) is 35.5 Å². The molecule has 0 spiro atoms. The molecular formula is C28H34F4O3. The third-order valence-corrected chi connectivity index (χ3v) is 8.35. The molecule has 0 aromatic heterocycles. The highest BCUT2D eigenvalue weighted by Crippen LogP contribution is 2.44. The molecule has 1 aromatic rings.